The van der Waals surface area contributed by atoms with Gasteiger partial charge in [0.05, 0.1) is 26.1 Å². The normalized spacial score (nSPS) is 10.6. The van der Waals surface area contributed by atoms with Gasteiger partial charge in [0.2, 0.25) is 0 Å². The largest absolute Gasteiger partial charge is 0.506 e. The number of fused-ring (bicyclic) bond motifs is 1. The van der Waals surface area contributed by atoms with Crippen LogP contribution >= 0.6 is 11.3 Å². The van der Waals surface area contributed by atoms with Gasteiger partial charge in [-0.15, -0.1) is 11.3 Å². The molecule has 0 amide bonds. The summed E-state index contributed by atoms with van der Waals surface area (Å²) < 4.78 is 0.552. The van der Waals surface area contributed by atoms with Crippen molar-refractivity contribution < 1.29 is 10.0 Å². The SMILES string of the molecule is Nc1c(O)ccc2c([N+](=O)[O-])csc12. The molecule has 6 heteroatoms. The second-order valence-electron chi connectivity index (χ2n) is 2.75. The van der Waals surface area contributed by atoms with Crippen molar-refractivity contribution in [1.82, 2.24) is 0 Å². The molecule has 0 aliphatic carbocycles. The number of aromatic hydroxyl groups is 1. The molecule has 0 bridgehead atoms. The standard InChI is InChI=1S/C8H6N2O3S/c9-7-6(11)2-1-4-5(10(12)13)3-14-8(4)7/h1-3,11H,9H2. The molecule has 0 spiro atoms. The summed E-state index contributed by atoms with van der Waals surface area (Å²) in [5, 5.41) is 21.7. The Morgan fingerprint density at radius 2 is 2.21 bits per heavy atom. The van der Waals surface area contributed by atoms with E-state index in [2.05, 4.69) is 0 Å². The Labute approximate surface area is 82.5 Å². The Hall–Kier alpha value is -1.82. The molecule has 0 radical (unpaired) electrons. The number of rotatable bonds is 1. The average molecular weight is 210 g/mol. The van der Waals surface area contributed by atoms with Crippen LogP contribution in [0.2, 0.25) is 0 Å². The highest BCUT2D eigenvalue weighted by molar-refractivity contribution is 7.18. The van der Waals surface area contributed by atoms with Crippen molar-refractivity contribution in [3.63, 3.8) is 0 Å². The Morgan fingerprint density at radius 3 is 2.86 bits per heavy atom. The van der Waals surface area contributed by atoms with E-state index in [9.17, 15) is 15.2 Å². The van der Waals surface area contributed by atoms with Crippen LogP contribution in [0.15, 0.2) is 17.5 Å². The van der Waals surface area contributed by atoms with E-state index in [4.69, 9.17) is 5.73 Å². The predicted molar refractivity (Wildman–Crippen MR) is 54.6 cm³/mol. The number of nitro groups is 1. The number of nitrogens with zero attached hydrogens (tertiary/aromatic N) is 1. The van der Waals surface area contributed by atoms with Gasteiger partial charge in [-0.1, -0.05) is 0 Å². The fourth-order valence-electron chi connectivity index (χ4n) is 1.24. The van der Waals surface area contributed by atoms with E-state index >= 15 is 0 Å². The lowest BCUT2D eigenvalue weighted by atomic mass is 10.2. The molecular weight excluding hydrogens is 204 g/mol. The van der Waals surface area contributed by atoms with Crippen molar-refractivity contribution in [2.45, 2.75) is 0 Å². The zero-order chi connectivity index (χ0) is 10.3. The van der Waals surface area contributed by atoms with Gasteiger partial charge in [0.15, 0.2) is 0 Å². The molecule has 3 N–H and O–H groups in total. The van der Waals surface area contributed by atoms with E-state index in [-0.39, 0.29) is 17.1 Å². The van der Waals surface area contributed by atoms with E-state index in [1.807, 2.05) is 0 Å². The van der Waals surface area contributed by atoms with E-state index in [1.165, 1.54) is 17.5 Å². The second kappa shape index (κ2) is 2.85. The van der Waals surface area contributed by atoms with E-state index in [0.717, 1.165) is 11.3 Å². The number of thiophene rings is 1. The maximum Gasteiger partial charge on any atom is 0.287 e. The zero-order valence-corrected chi connectivity index (χ0v) is 7.75. The molecule has 0 aliphatic rings. The number of hydrogen-bond donors (Lipinski definition) is 2. The monoisotopic (exact) mass is 210 g/mol. The van der Waals surface area contributed by atoms with Gasteiger partial charge >= 0.3 is 0 Å². The first kappa shape index (κ1) is 8.76. The molecule has 0 fully saturated rings. The van der Waals surface area contributed by atoms with Crippen molar-refractivity contribution >= 4 is 32.8 Å². The van der Waals surface area contributed by atoms with Crippen LogP contribution < -0.4 is 5.73 Å². The van der Waals surface area contributed by atoms with Crippen molar-refractivity contribution in [1.29, 1.82) is 0 Å². The summed E-state index contributed by atoms with van der Waals surface area (Å²) >= 11 is 1.16. The van der Waals surface area contributed by atoms with E-state index < -0.39 is 4.92 Å². The smallest absolute Gasteiger partial charge is 0.287 e. The highest BCUT2D eigenvalue weighted by atomic mass is 32.1. The molecule has 2 rings (SSSR count). The first-order chi connectivity index (χ1) is 6.61. The summed E-state index contributed by atoms with van der Waals surface area (Å²) in [7, 11) is 0. The number of nitrogen functional groups attached to an aromatic ring is 1. The summed E-state index contributed by atoms with van der Waals surface area (Å²) in [6.07, 6.45) is 0. The molecule has 2 aromatic rings. The maximum absolute atomic E-state index is 10.6. The van der Waals surface area contributed by atoms with E-state index in [1.54, 1.807) is 0 Å². The lowest BCUT2D eigenvalue weighted by Gasteiger charge is -1.98. The Kier molecular flexibility index (Phi) is 1.78. The van der Waals surface area contributed by atoms with Gasteiger partial charge in [0, 0.05) is 0 Å². The molecule has 72 valence electrons. The molecule has 0 saturated carbocycles. The number of nitrogens with two attached hydrogens (primary N) is 1. The molecule has 0 unspecified atom stereocenters. The van der Waals surface area contributed by atoms with Crippen LogP contribution in [0.5, 0.6) is 5.75 Å². The summed E-state index contributed by atoms with van der Waals surface area (Å²) in [6.45, 7) is 0. The first-order valence-corrected chi connectivity index (χ1v) is 4.62. The Bertz CT molecular complexity index is 521. The first-order valence-electron chi connectivity index (χ1n) is 3.74. The molecule has 0 aliphatic heterocycles. The molecule has 0 saturated heterocycles. The summed E-state index contributed by atoms with van der Waals surface area (Å²) in [5.41, 5.74) is 5.79. The summed E-state index contributed by atoms with van der Waals surface area (Å²) in [4.78, 5) is 10.1. The molecule has 1 heterocycles. The number of hydrogen-bond acceptors (Lipinski definition) is 5. The third-order valence-corrected chi connectivity index (χ3v) is 2.95. The van der Waals surface area contributed by atoms with Crippen molar-refractivity contribution in [2.24, 2.45) is 0 Å². The minimum atomic E-state index is -0.463. The maximum atomic E-state index is 10.6. The van der Waals surface area contributed by atoms with Crippen molar-refractivity contribution in [2.75, 3.05) is 5.73 Å². The van der Waals surface area contributed by atoms with Crippen LogP contribution in [0.25, 0.3) is 10.1 Å². The van der Waals surface area contributed by atoms with Crippen LogP contribution in [0.3, 0.4) is 0 Å². The van der Waals surface area contributed by atoms with Gasteiger partial charge in [-0.05, 0) is 12.1 Å². The third-order valence-electron chi connectivity index (χ3n) is 1.93. The summed E-state index contributed by atoms with van der Waals surface area (Å²) in [6, 6.07) is 2.85. The minimum Gasteiger partial charge on any atom is -0.506 e. The van der Waals surface area contributed by atoms with E-state index in [0.29, 0.717) is 10.1 Å². The van der Waals surface area contributed by atoms with Gasteiger partial charge in [-0.25, -0.2) is 0 Å². The molecule has 1 aromatic carbocycles. The van der Waals surface area contributed by atoms with Crippen molar-refractivity contribution in [3.05, 3.63) is 27.6 Å². The number of phenols is 1. The lowest BCUT2D eigenvalue weighted by molar-refractivity contribution is -0.382. The number of anilines is 1. The lowest BCUT2D eigenvalue weighted by Crippen LogP contribution is -1.87. The molecular formula is C8H6N2O3S. The van der Waals surface area contributed by atoms with Crippen LogP contribution in [-0.4, -0.2) is 10.0 Å². The van der Waals surface area contributed by atoms with Crippen LogP contribution in [-0.2, 0) is 0 Å². The van der Waals surface area contributed by atoms with Gasteiger partial charge in [0.1, 0.15) is 5.75 Å². The average Bonchev–Trinajstić information content (AvgIpc) is 2.55. The fourth-order valence-corrected chi connectivity index (χ4v) is 2.21. The highest BCUT2D eigenvalue weighted by Gasteiger charge is 2.16. The van der Waals surface area contributed by atoms with Crippen molar-refractivity contribution in [3.8, 4) is 5.75 Å². The van der Waals surface area contributed by atoms with Crippen LogP contribution in [0.1, 0.15) is 0 Å². The van der Waals surface area contributed by atoms with Crippen LogP contribution in [0.4, 0.5) is 11.4 Å². The van der Waals surface area contributed by atoms with Gasteiger partial charge in [-0.3, -0.25) is 10.1 Å². The molecule has 14 heavy (non-hydrogen) atoms. The number of phenolic OH excluding ortho intramolecular Hbond substituents is 1. The zero-order valence-electron chi connectivity index (χ0n) is 6.93. The molecule has 5 nitrogen and oxygen atoms in total. The van der Waals surface area contributed by atoms with Crippen LogP contribution in [0, 0.1) is 10.1 Å². The quantitative estimate of drug-likeness (QED) is 0.326. The van der Waals surface area contributed by atoms with Gasteiger partial charge in [0.25, 0.3) is 5.69 Å². The Balaban J connectivity index is 2.83. The Morgan fingerprint density at radius 1 is 1.50 bits per heavy atom. The molecule has 0 atom stereocenters. The summed E-state index contributed by atoms with van der Waals surface area (Å²) in [5.74, 6) is -0.0470. The fraction of sp³-hybridized carbons (Fsp3) is 0. The highest BCUT2D eigenvalue weighted by Crippen LogP contribution is 2.39. The second-order valence-corrected chi connectivity index (χ2v) is 3.63. The topological polar surface area (TPSA) is 89.4 Å². The number of benzene rings is 1. The van der Waals surface area contributed by atoms with Gasteiger partial charge < -0.3 is 10.8 Å². The van der Waals surface area contributed by atoms with Gasteiger partial charge in [-0.2, -0.15) is 0 Å². The molecule has 1 aromatic heterocycles. The predicted octanol–water partition coefficient (Wildman–Crippen LogP) is 2.10. The third kappa shape index (κ3) is 1.08. The minimum absolute atomic E-state index is 0.0247.